The van der Waals surface area contributed by atoms with Crippen LogP contribution in [0.2, 0.25) is 0 Å². The van der Waals surface area contributed by atoms with Gasteiger partial charge in [-0.3, -0.25) is 4.79 Å². The van der Waals surface area contributed by atoms with Gasteiger partial charge in [-0.2, -0.15) is 0 Å². The average molecular weight is 268 g/mol. The SMILES string of the molecule is Cc1ccc(N)cc1C(=O)NCC(C)c1ccccc1. The van der Waals surface area contributed by atoms with Gasteiger partial charge in [-0.05, 0) is 36.1 Å². The molecule has 0 aliphatic carbocycles. The first-order chi connectivity index (χ1) is 9.58. The molecule has 0 aromatic heterocycles. The summed E-state index contributed by atoms with van der Waals surface area (Å²) in [5, 5.41) is 2.97. The van der Waals surface area contributed by atoms with Crippen molar-refractivity contribution in [1.82, 2.24) is 5.32 Å². The van der Waals surface area contributed by atoms with E-state index in [0.29, 0.717) is 17.8 Å². The molecule has 3 heteroatoms. The Labute approximate surface area is 119 Å². The molecule has 104 valence electrons. The molecule has 0 fully saturated rings. The van der Waals surface area contributed by atoms with Crippen molar-refractivity contribution in [3.63, 3.8) is 0 Å². The van der Waals surface area contributed by atoms with E-state index in [1.165, 1.54) is 5.56 Å². The predicted molar refractivity (Wildman–Crippen MR) is 82.8 cm³/mol. The first-order valence-electron chi connectivity index (χ1n) is 6.77. The van der Waals surface area contributed by atoms with Gasteiger partial charge in [-0.25, -0.2) is 0 Å². The Morgan fingerprint density at radius 3 is 2.60 bits per heavy atom. The highest BCUT2D eigenvalue weighted by Gasteiger charge is 2.11. The third kappa shape index (κ3) is 3.38. The zero-order valence-electron chi connectivity index (χ0n) is 11.9. The zero-order chi connectivity index (χ0) is 14.5. The average Bonchev–Trinajstić information content (AvgIpc) is 2.47. The molecule has 0 aliphatic rings. The Balaban J connectivity index is 2.00. The lowest BCUT2D eigenvalue weighted by Gasteiger charge is -2.14. The topological polar surface area (TPSA) is 55.1 Å². The molecule has 0 saturated carbocycles. The molecule has 0 aliphatic heterocycles. The quantitative estimate of drug-likeness (QED) is 0.837. The lowest BCUT2D eigenvalue weighted by atomic mass is 10.0. The van der Waals surface area contributed by atoms with Crippen molar-refractivity contribution in [3.05, 3.63) is 65.2 Å². The van der Waals surface area contributed by atoms with Crippen molar-refractivity contribution >= 4 is 11.6 Å². The van der Waals surface area contributed by atoms with Crippen molar-refractivity contribution in [1.29, 1.82) is 0 Å². The lowest BCUT2D eigenvalue weighted by molar-refractivity contribution is 0.0951. The molecule has 3 N–H and O–H groups in total. The minimum Gasteiger partial charge on any atom is -0.399 e. The summed E-state index contributed by atoms with van der Waals surface area (Å²) in [6.07, 6.45) is 0. The molecule has 2 rings (SSSR count). The highest BCUT2D eigenvalue weighted by Crippen LogP contribution is 2.15. The largest absolute Gasteiger partial charge is 0.399 e. The summed E-state index contributed by atoms with van der Waals surface area (Å²) in [6.45, 7) is 4.62. The summed E-state index contributed by atoms with van der Waals surface area (Å²) in [5.41, 5.74) is 9.14. The Hall–Kier alpha value is -2.29. The number of rotatable bonds is 4. The number of carbonyl (C=O) groups excluding carboxylic acids is 1. The molecule has 3 nitrogen and oxygen atoms in total. The summed E-state index contributed by atoms with van der Waals surface area (Å²) >= 11 is 0. The van der Waals surface area contributed by atoms with Gasteiger partial charge in [0.2, 0.25) is 0 Å². The van der Waals surface area contributed by atoms with Crippen molar-refractivity contribution < 1.29 is 4.79 Å². The first-order valence-corrected chi connectivity index (χ1v) is 6.77. The second-order valence-corrected chi connectivity index (χ2v) is 5.10. The van der Waals surface area contributed by atoms with Crippen LogP contribution in [0.25, 0.3) is 0 Å². The first kappa shape index (κ1) is 14.1. The van der Waals surface area contributed by atoms with E-state index >= 15 is 0 Å². The third-order valence-electron chi connectivity index (χ3n) is 3.44. The van der Waals surface area contributed by atoms with Gasteiger partial charge in [0.15, 0.2) is 0 Å². The van der Waals surface area contributed by atoms with E-state index in [1.807, 2.05) is 31.2 Å². The van der Waals surface area contributed by atoms with Crippen LogP contribution in [-0.2, 0) is 0 Å². The summed E-state index contributed by atoms with van der Waals surface area (Å²) < 4.78 is 0. The molecule has 20 heavy (non-hydrogen) atoms. The predicted octanol–water partition coefficient (Wildman–Crippen LogP) is 3.11. The molecular weight excluding hydrogens is 248 g/mol. The molecule has 1 amide bonds. The van der Waals surface area contributed by atoms with Gasteiger partial charge < -0.3 is 11.1 Å². The maximum absolute atomic E-state index is 12.2. The molecule has 0 heterocycles. The number of anilines is 1. The Morgan fingerprint density at radius 2 is 1.90 bits per heavy atom. The molecular formula is C17H20N2O. The maximum Gasteiger partial charge on any atom is 0.251 e. The van der Waals surface area contributed by atoms with Crippen LogP contribution in [-0.4, -0.2) is 12.5 Å². The maximum atomic E-state index is 12.2. The summed E-state index contributed by atoms with van der Waals surface area (Å²) in [6, 6.07) is 15.5. The Kier molecular flexibility index (Phi) is 4.41. The van der Waals surface area contributed by atoms with Crippen molar-refractivity contribution in [2.75, 3.05) is 12.3 Å². The van der Waals surface area contributed by atoms with E-state index in [-0.39, 0.29) is 11.8 Å². The molecule has 2 aromatic rings. The van der Waals surface area contributed by atoms with Crippen LogP contribution in [0.4, 0.5) is 5.69 Å². The minimum absolute atomic E-state index is 0.0717. The van der Waals surface area contributed by atoms with E-state index in [9.17, 15) is 4.79 Å². The standard InChI is InChI=1S/C17H20N2O/c1-12-8-9-15(18)10-16(12)17(20)19-11-13(2)14-6-4-3-5-7-14/h3-10,13H,11,18H2,1-2H3,(H,19,20). The Bertz CT molecular complexity index is 593. The fourth-order valence-corrected chi connectivity index (χ4v) is 2.12. The summed E-state index contributed by atoms with van der Waals surface area (Å²) in [5.74, 6) is 0.207. The van der Waals surface area contributed by atoms with Crippen LogP contribution in [0.15, 0.2) is 48.5 Å². The number of aryl methyl sites for hydroxylation is 1. The van der Waals surface area contributed by atoms with Gasteiger partial charge in [0, 0.05) is 17.8 Å². The van der Waals surface area contributed by atoms with Crippen molar-refractivity contribution in [2.45, 2.75) is 19.8 Å². The number of amides is 1. The van der Waals surface area contributed by atoms with Gasteiger partial charge in [0.25, 0.3) is 5.91 Å². The number of nitrogens with one attached hydrogen (secondary N) is 1. The fraction of sp³-hybridized carbons (Fsp3) is 0.235. The second kappa shape index (κ2) is 6.24. The van der Waals surface area contributed by atoms with E-state index in [1.54, 1.807) is 12.1 Å². The smallest absolute Gasteiger partial charge is 0.251 e. The van der Waals surface area contributed by atoms with Crippen molar-refractivity contribution in [3.8, 4) is 0 Å². The van der Waals surface area contributed by atoms with Crippen LogP contribution >= 0.6 is 0 Å². The van der Waals surface area contributed by atoms with Crippen LogP contribution in [0, 0.1) is 6.92 Å². The molecule has 0 bridgehead atoms. The lowest BCUT2D eigenvalue weighted by Crippen LogP contribution is -2.28. The van der Waals surface area contributed by atoms with Gasteiger partial charge in [-0.1, -0.05) is 43.3 Å². The third-order valence-corrected chi connectivity index (χ3v) is 3.44. The molecule has 1 atom stereocenters. The highest BCUT2D eigenvalue weighted by atomic mass is 16.1. The second-order valence-electron chi connectivity index (χ2n) is 5.10. The van der Waals surface area contributed by atoms with E-state index < -0.39 is 0 Å². The summed E-state index contributed by atoms with van der Waals surface area (Å²) in [7, 11) is 0. The van der Waals surface area contributed by atoms with E-state index in [4.69, 9.17) is 5.73 Å². The number of benzene rings is 2. The number of nitrogen functional groups attached to an aromatic ring is 1. The van der Waals surface area contributed by atoms with Crippen molar-refractivity contribution in [2.24, 2.45) is 0 Å². The van der Waals surface area contributed by atoms with Gasteiger partial charge in [0.05, 0.1) is 0 Å². The molecule has 0 spiro atoms. The number of nitrogens with two attached hydrogens (primary N) is 1. The van der Waals surface area contributed by atoms with E-state index in [0.717, 1.165) is 5.56 Å². The monoisotopic (exact) mass is 268 g/mol. The van der Waals surface area contributed by atoms with Gasteiger partial charge in [0.1, 0.15) is 0 Å². The molecule has 0 radical (unpaired) electrons. The molecule has 1 unspecified atom stereocenters. The van der Waals surface area contributed by atoms with Crippen LogP contribution < -0.4 is 11.1 Å². The van der Waals surface area contributed by atoms with Crippen LogP contribution in [0.5, 0.6) is 0 Å². The van der Waals surface area contributed by atoms with Gasteiger partial charge in [-0.15, -0.1) is 0 Å². The van der Waals surface area contributed by atoms with Crippen LogP contribution in [0.1, 0.15) is 34.3 Å². The Morgan fingerprint density at radius 1 is 1.20 bits per heavy atom. The molecule has 0 saturated heterocycles. The van der Waals surface area contributed by atoms with E-state index in [2.05, 4.69) is 24.4 Å². The fourth-order valence-electron chi connectivity index (χ4n) is 2.12. The number of hydrogen-bond acceptors (Lipinski definition) is 2. The number of carbonyl (C=O) groups is 1. The van der Waals surface area contributed by atoms with Gasteiger partial charge >= 0.3 is 0 Å². The number of hydrogen-bond donors (Lipinski definition) is 2. The zero-order valence-corrected chi connectivity index (χ0v) is 11.9. The normalized spacial score (nSPS) is 11.9. The summed E-state index contributed by atoms with van der Waals surface area (Å²) in [4.78, 5) is 12.2. The molecule has 2 aromatic carbocycles. The highest BCUT2D eigenvalue weighted by molar-refractivity contribution is 5.96. The van der Waals surface area contributed by atoms with Crippen LogP contribution in [0.3, 0.4) is 0 Å². The minimum atomic E-state index is -0.0717.